The third-order valence-electron chi connectivity index (χ3n) is 3.25. The molecule has 0 atom stereocenters. The summed E-state index contributed by atoms with van der Waals surface area (Å²) in [4.78, 5) is 12.0. The number of hydrogen-bond acceptors (Lipinski definition) is 1. The molecule has 0 fully saturated rings. The molecule has 0 radical (unpaired) electrons. The van der Waals surface area contributed by atoms with E-state index in [1.165, 1.54) is 18.4 Å². The predicted molar refractivity (Wildman–Crippen MR) is 77.6 cm³/mol. The van der Waals surface area contributed by atoms with E-state index in [9.17, 15) is 4.79 Å². The number of nitrogens with one attached hydrogen (secondary N) is 1. The van der Waals surface area contributed by atoms with Crippen molar-refractivity contribution in [3.63, 3.8) is 0 Å². The molecule has 0 aromatic carbocycles. The Kier molecular flexibility index (Phi) is 14.0. The van der Waals surface area contributed by atoms with Crippen LogP contribution in [-0.2, 0) is 25.7 Å². The quantitative estimate of drug-likeness (QED) is 0.302. The minimum absolute atomic E-state index is 0. The second-order valence-electron chi connectivity index (χ2n) is 5.40. The first-order valence-corrected chi connectivity index (χ1v) is 19.8. The van der Waals surface area contributed by atoms with Crippen LogP contribution in [-0.4, -0.2) is 11.9 Å². The smallest absolute Gasteiger partial charge is 1.00 e. The fourth-order valence-electron chi connectivity index (χ4n) is 2.19. The third kappa shape index (κ3) is 8.16. The van der Waals surface area contributed by atoms with E-state index in [1.54, 1.807) is 3.33 Å². The van der Waals surface area contributed by atoms with Crippen LogP contribution in [0.5, 0.6) is 0 Å². The van der Waals surface area contributed by atoms with Crippen LogP contribution in [0, 0.1) is 0 Å². The van der Waals surface area contributed by atoms with Gasteiger partial charge in [-0.05, 0) is 0 Å². The first-order chi connectivity index (χ1) is 8.54. The van der Waals surface area contributed by atoms with E-state index in [2.05, 4.69) is 42.4 Å². The zero-order valence-corrected chi connectivity index (χ0v) is 19.2. The Hall–Kier alpha value is 0.617. The van der Waals surface area contributed by atoms with Crippen molar-refractivity contribution in [3.8, 4) is 0 Å². The SMILES string of the molecule is CCCCCC(=O)[NH][Hf+2]([C]1=CC(C)=CC1)[SiH](C)C.[Cl-].[Cl-]. The number of carbonyl (C=O) groups is 1. The van der Waals surface area contributed by atoms with Crippen LogP contribution < -0.4 is 28.1 Å². The van der Waals surface area contributed by atoms with Gasteiger partial charge in [0.2, 0.25) is 0 Å². The molecule has 0 unspecified atom stereocenters. The van der Waals surface area contributed by atoms with Crippen LogP contribution >= 0.6 is 0 Å². The van der Waals surface area contributed by atoms with Gasteiger partial charge in [0.05, 0.1) is 0 Å². The summed E-state index contributed by atoms with van der Waals surface area (Å²) < 4.78 is 5.10. The van der Waals surface area contributed by atoms with Gasteiger partial charge in [0, 0.05) is 0 Å². The molecular formula is C14H26Cl2HfNOSi. The van der Waals surface area contributed by atoms with E-state index in [-0.39, 0.29) is 24.8 Å². The maximum Gasteiger partial charge on any atom is -1.00 e. The minimum atomic E-state index is -1.96. The Labute approximate surface area is 145 Å². The molecule has 0 aliphatic heterocycles. The average Bonchev–Trinajstić information content (AvgIpc) is 2.72. The zero-order chi connectivity index (χ0) is 13.5. The molecule has 1 N–H and O–H groups in total. The van der Waals surface area contributed by atoms with Crippen molar-refractivity contribution in [1.29, 1.82) is 0 Å². The standard InChI is InChI=1S/C6H13NO.C6H7.C2H7Si.2ClH.Hf/c1-2-3-4-5-6(7)8;1-6-4-2-3-5-6;1-3-2;;;/h2-5H2,1H3,(H2,7,8);4-5H,2H2,1H3;3H,1-2H3;2*1H;/q;;;;;+3/p-3. The van der Waals surface area contributed by atoms with E-state index in [1.807, 2.05) is 0 Å². The Morgan fingerprint density at radius 1 is 1.35 bits per heavy atom. The normalized spacial score (nSPS) is 13.1. The first-order valence-electron chi connectivity index (χ1n) is 7.09. The molecule has 0 aromatic heterocycles. The summed E-state index contributed by atoms with van der Waals surface area (Å²) in [5, 5.41) is 0. The molecule has 0 saturated heterocycles. The summed E-state index contributed by atoms with van der Waals surface area (Å²) in [6.45, 7) is 9.16. The molecule has 0 saturated carbocycles. The van der Waals surface area contributed by atoms with Gasteiger partial charge in [-0.3, -0.25) is 0 Å². The number of amides is 1. The van der Waals surface area contributed by atoms with Gasteiger partial charge < -0.3 is 24.8 Å². The second kappa shape index (κ2) is 12.2. The van der Waals surface area contributed by atoms with Crippen LogP contribution in [0.4, 0.5) is 0 Å². The third-order valence-corrected chi connectivity index (χ3v) is 26.8. The summed E-state index contributed by atoms with van der Waals surface area (Å²) in [7, 11) is 0. The Morgan fingerprint density at radius 2 is 2.00 bits per heavy atom. The Balaban J connectivity index is 0. The van der Waals surface area contributed by atoms with E-state index in [4.69, 9.17) is 0 Å². The summed E-state index contributed by atoms with van der Waals surface area (Å²) >= 11 is -1.96. The molecule has 1 aliphatic carbocycles. The summed E-state index contributed by atoms with van der Waals surface area (Å²) in [6, 6.07) is 0. The maximum atomic E-state index is 12.0. The molecule has 1 amide bonds. The predicted octanol–water partition coefficient (Wildman–Crippen LogP) is -2.56. The van der Waals surface area contributed by atoms with Gasteiger partial charge in [0.1, 0.15) is 0 Å². The molecule has 0 bridgehead atoms. The molecule has 0 aromatic rings. The van der Waals surface area contributed by atoms with Crippen molar-refractivity contribution < 1.29 is 50.5 Å². The van der Waals surface area contributed by atoms with Crippen molar-refractivity contribution in [2.24, 2.45) is 0 Å². The second-order valence-corrected chi connectivity index (χ2v) is 31.1. The fraction of sp³-hybridized carbons (Fsp3) is 0.643. The monoisotopic (exact) mass is 502 g/mol. The average molecular weight is 502 g/mol. The van der Waals surface area contributed by atoms with Crippen LogP contribution in [0.25, 0.3) is 0 Å². The van der Waals surface area contributed by atoms with Gasteiger partial charge in [-0.15, -0.1) is 0 Å². The van der Waals surface area contributed by atoms with Gasteiger partial charge in [-0.1, -0.05) is 0 Å². The number of allylic oxidation sites excluding steroid dienone is 4. The van der Waals surface area contributed by atoms with E-state index in [0.29, 0.717) is 5.91 Å². The van der Waals surface area contributed by atoms with Gasteiger partial charge >= 0.3 is 121 Å². The number of rotatable bonds is 7. The van der Waals surface area contributed by atoms with E-state index in [0.717, 1.165) is 19.3 Å². The molecular weight excluding hydrogens is 476 g/mol. The molecule has 1 rings (SSSR count). The topological polar surface area (TPSA) is 29.1 Å². The number of hydrogen-bond donors (Lipinski definition) is 1. The summed E-state index contributed by atoms with van der Waals surface area (Å²) in [5.74, 6) is -0.353. The van der Waals surface area contributed by atoms with Crippen LogP contribution in [0.15, 0.2) is 21.1 Å². The van der Waals surface area contributed by atoms with E-state index < -0.39 is 26.9 Å². The Bertz CT molecular complexity index is 359. The molecule has 2 nitrogen and oxygen atoms in total. The van der Waals surface area contributed by atoms with Crippen molar-refractivity contribution in [2.75, 3.05) is 0 Å². The zero-order valence-electron chi connectivity index (χ0n) is 12.9. The van der Waals surface area contributed by atoms with Crippen molar-refractivity contribution in [1.82, 2.24) is 3.30 Å². The molecule has 0 spiro atoms. The number of unbranched alkanes of at least 4 members (excludes halogenated alkanes) is 2. The van der Waals surface area contributed by atoms with Gasteiger partial charge in [0.25, 0.3) is 0 Å². The molecule has 0 heterocycles. The molecule has 6 heteroatoms. The van der Waals surface area contributed by atoms with Gasteiger partial charge in [-0.25, -0.2) is 0 Å². The first kappa shape index (κ1) is 22.9. The fourth-order valence-corrected chi connectivity index (χ4v) is 21.9. The maximum absolute atomic E-state index is 12.0. The van der Waals surface area contributed by atoms with Gasteiger partial charge in [0.15, 0.2) is 0 Å². The van der Waals surface area contributed by atoms with Crippen LogP contribution in [0.1, 0.15) is 46.0 Å². The minimum Gasteiger partial charge on any atom is -1.00 e. The largest absolute Gasteiger partial charge is 1.00 e. The van der Waals surface area contributed by atoms with Crippen molar-refractivity contribution in [3.05, 3.63) is 21.1 Å². The molecule has 115 valence electrons. The van der Waals surface area contributed by atoms with Crippen molar-refractivity contribution in [2.45, 2.75) is 59.0 Å². The van der Waals surface area contributed by atoms with Crippen LogP contribution in [0.3, 0.4) is 0 Å². The van der Waals surface area contributed by atoms with Crippen LogP contribution in [0.2, 0.25) is 13.1 Å². The molecule has 20 heavy (non-hydrogen) atoms. The van der Waals surface area contributed by atoms with E-state index >= 15 is 0 Å². The number of carbonyl (C=O) groups excluding carboxylic acids is 1. The van der Waals surface area contributed by atoms with Crippen molar-refractivity contribution >= 4 is 11.9 Å². The number of halogens is 2. The van der Waals surface area contributed by atoms with Gasteiger partial charge in [-0.2, -0.15) is 0 Å². The molecule has 1 aliphatic rings. The Morgan fingerprint density at radius 3 is 2.45 bits per heavy atom. The summed E-state index contributed by atoms with van der Waals surface area (Å²) in [6.07, 6.45) is 9.93. The summed E-state index contributed by atoms with van der Waals surface area (Å²) in [5.41, 5.74) is 1.39.